The second-order valence-corrected chi connectivity index (χ2v) is 8.83. The van der Waals surface area contributed by atoms with Gasteiger partial charge in [0.2, 0.25) is 5.95 Å². The van der Waals surface area contributed by atoms with Gasteiger partial charge in [-0.1, -0.05) is 13.3 Å². The van der Waals surface area contributed by atoms with Crippen molar-refractivity contribution in [3.63, 3.8) is 0 Å². The Morgan fingerprint density at radius 1 is 1.20 bits per heavy atom. The number of aryl methyl sites for hydroxylation is 1. The van der Waals surface area contributed by atoms with Gasteiger partial charge in [0.05, 0.1) is 23.6 Å². The van der Waals surface area contributed by atoms with Crippen molar-refractivity contribution in [2.24, 2.45) is 0 Å². The summed E-state index contributed by atoms with van der Waals surface area (Å²) in [6.07, 6.45) is 9.43. The van der Waals surface area contributed by atoms with Crippen molar-refractivity contribution in [3.8, 4) is 6.07 Å². The van der Waals surface area contributed by atoms with Crippen LogP contribution in [0.1, 0.15) is 59.8 Å². The number of pyridine rings is 1. The number of likely N-dealkylation sites (tertiary alicyclic amines) is 1. The summed E-state index contributed by atoms with van der Waals surface area (Å²) in [7, 11) is 0. The molecule has 4 rings (SSSR count). The highest BCUT2D eigenvalue weighted by Crippen LogP contribution is 2.33. The van der Waals surface area contributed by atoms with E-state index < -0.39 is 0 Å². The van der Waals surface area contributed by atoms with Crippen LogP contribution in [0.4, 0.5) is 11.6 Å². The summed E-state index contributed by atoms with van der Waals surface area (Å²) in [5.74, 6) is 0.559. The lowest BCUT2D eigenvalue weighted by molar-refractivity contribution is 0.246. The first kappa shape index (κ1) is 20.5. The molecule has 1 aliphatic rings. The minimum atomic E-state index is 0.314. The molecular formula is C23H26N6S. The van der Waals surface area contributed by atoms with Gasteiger partial charge in [0.1, 0.15) is 11.8 Å². The second-order valence-electron chi connectivity index (χ2n) is 7.57. The van der Waals surface area contributed by atoms with Gasteiger partial charge in [-0.15, -0.1) is 11.3 Å². The van der Waals surface area contributed by atoms with Gasteiger partial charge in [-0.25, -0.2) is 15.0 Å². The maximum absolute atomic E-state index is 8.88. The first-order valence-electron chi connectivity index (χ1n) is 10.5. The average molecular weight is 419 g/mol. The third-order valence-corrected chi connectivity index (χ3v) is 6.50. The summed E-state index contributed by atoms with van der Waals surface area (Å²) in [5, 5.41) is 12.1. The van der Waals surface area contributed by atoms with Crippen LogP contribution in [-0.4, -0.2) is 26.4 Å². The van der Waals surface area contributed by atoms with Gasteiger partial charge in [0.15, 0.2) is 0 Å². The van der Waals surface area contributed by atoms with Crippen LogP contribution in [0.15, 0.2) is 42.7 Å². The van der Waals surface area contributed by atoms with Gasteiger partial charge < -0.3 is 5.32 Å². The zero-order valence-corrected chi connectivity index (χ0v) is 18.0. The van der Waals surface area contributed by atoms with E-state index in [9.17, 15) is 0 Å². The van der Waals surface area contributed by atoms with Gasteiger partial charge in [-0.2, -0.15) is 5.26 Å². The lowest BCUT2D eigenvalue weighted by Gasteiger charge is -2.23. The molecule has 0 amide bonds. The molecule has 1 aliphatic heterocycles. The summed E-state index contributed by atoms with van der Waals surface area (Å²) in [5.41, 5.74) is 2.21. The van der Waals surface area contributed by atoms with E-state index in [0.29, 0.717) is 17.7 Å². The topological polar surface area (TPSA) is 77.7 Å². The maximum atomic E-state index is 8.88. The Hall–Kier alpha value is -2.82. The molecule has 0 unspecified atom stereocenters. The van der Waals surface area contributed by atoms with Crippen molar-refractivity contribution in [1.82, 2.24) is 19.9 Å². The molecule has 1 fully saturated rings. The highest BCUT2D eigenvalue weighted by Gasteiger charge is 2.27. The van der Waals surface area contributed by atoms with Gasteiger partial charge in [-0.3, -0.25) is 4.90 Å². The molecule has 1 saturated heterocycles. The number of nitrogens with zero attached hydrogens (tertiary/aromatic N) is 5. The molecule has 4 heterocycles. The number of anilines is 2. The first-order chi connectivity index (χ1) is 14.7. The molecule has 3 aromatic rings. The minimum absolute atomic E-state index is 0.314. The number of nitrogens with one attached hydrogen (secondary N) is 1. The monoisotopic (exact) mass is 418 g/mol. The number of nitriles is 1. The molecule has 0 radical (unpaired) electrons. The Labute approximate surface area is 181 Å². The summed E-state index contributed by atoms with van der Waals surface area (Å²) in [6.45, 7) is 4.32. The molecule has 0 aliphatic carbocycles. The van der Waals surface area contributed by atoms with Crippen LogP contribution < -0.4 is 5.32 Å². The summed E-state index contributed by atoms with van der Waals surface area (Å²) < 4.78 is 0. The zero-order chi connectivity index (χ0) is 20.8. The van der Waals surface area contributed by atoms with Crippen LogP contribution in [0.5, 0.6) is 0 Å². The van der Waals surface area contributed by atoms with E-state index in [4.69, 9.17) is 10.2 Å². The van der Waals surface area contributed by atoms with Gasteiger partial charge in [0, 0.05) is 22.5 Å². The van der Waals surface area contributed by atoms with Gasteiger partial charge >= 0.3 is 0 Å². The molecule has 0 bridgehead atoms. The van der Waals surface area contributed by atoms with Crippen molar-refractivity contribution < 1.29 is 0 Å². The van der Waals surface area contributed by atoms with E-state index in [0.717, 1.165) is 30.9 Å². The smallest absolute Gasteiger partial charge is 0.227 e. The van der Waals surface area contributed by atoms with Crippen LogP contribution in [0.2, 0.25) is 0 Å². The fourth-order valence-corrected chi connectivity index (χ4v) is 4.91. The third kappa shape index (κ3) is 5.02. The standard InChI is InChI=1S/C23H26N6S/c1-2-3-5-19-9-10-20(30-19)16-29-13-4-6-22(29)21-11-12-25-23(28-21)27-18-8-7-17(14-24)26-15-18/h7-12,15,22H,2-6,13,16H2,1H3,(H,25,27,28)/t22-/m0/s1. The fraction of sp³-hybridized carbons (Fsp3) is 0.391. The van der Waals surface area contributed by atoms with Crippen molar-refractivity contribution in [2.75, 3.05) is 11.9 Å². The summed E-state index contributed by atoms with van der Waals surface area (Å²) in [6, 6.07) is 12.4. The normalized spacial score (nSPS) is 16.5. The van der Waals surface area contributed by atoms with Crippen LogP contribution in [0.3, 0.4) is 0 Å². The largest absolute Gasteiger partial charge is 0.323 e. The Morgan fingerprint density at radius 3 is 2.90 bits per heavy atom. The number of unbranched alkanes of at least 4 members (excludes halogenated alkanes) is 1. The van der Waals surface area contributed by atoms with E-state index in [-0.39, 0.29) is 0 Å². The Morgan fingerprint density at radius 2 is 2.10 bits per heavy atom. The third-order valence-electron chi connectivity index (χ3n) is 5.37. The van der Waals surface area contributed by atoms with E-state index in [1.165, 1.54) is 35.4 Å². The van der Waals surface area contributed by atoms with Crippen molar-refractivity contribution in [1.29, 1.82) is 5.26 Å². The molecule has 7 heteroatoms. The van der Waals surface area contributed by atoms with Crippen LogP contribution in [0.25, 0.3) is 0 Å². The predicted octanol–water partition coefficient (Wildman–Crippen LogP) is 5.23. The van der Waals surface area contributed by atoms with E-state index in [1.807, 2.05) is 35.7 Å². The predicted molar refractivity (Wildman–Crippen MR) is 120 cm³/mol. The number of rotatable bonds is 8. The molecule has 154 valence electrons. The van der Waals surface area contributed by atoms with E-state index >= 15 is 0 Å². The quantitative estimate of drug-likeness (QED) is 0.540. The van der Waals surface area contributed by atoms with Gasteiger partial charge in [-0.05, 0) is 62.6 Å². The molecule has 0 aromatic carbocycles. The average Bonchev–Trinajstić information content (AvgIpc) is 3.43. The van der Waals surface area contributed by atoms with Crippen LogP contribution in [0, 0.1) is 11.3 Å². The minimum Gasteiger partial charge on any atom is -0.323 e. The zero-order valence-electron chi connectivity index (χ0n) is 17.2. The van der Waals surface area contributed by atoms with Crippen LogP contribution in [-0.2, 0) is 13.0 Å². The van der Waals surface area contributed by atoms with E-state index in [1.54, 1.807) is 12.3 Å². The summed E-state index contributed by atoms with van der Waals surface area (Å²) in [4.78, 5) is 18.7. The van der Waals surface area contributed by atoms with Gasteiger partial charge in [0.25, 0.3) is 0 Å². The highest BCUT2D eigenvalue weighted by atomic mass is 32.1. The molecule has 1 atom stereocenters. The van der Waals surface area contributed by atoms with Crippen molar-refractivity contribution in [2.45, 2.75) is 51.6 Å². The summed E-state index contributed by atoms with van der Waals surface area (Å²) >= 11 is 1.95. The molecule has 0 saturated carbocycles. The number of hydrogen-bond acceptors (Lipinski definition) is 7. The SMILES string of the molecule is CCCCc1ccc(CN2CCC[C@H]2c2ccnc(Nc3ccc(C#N)nc3)n2)s1. The maximum Gasteiger partial charge on any atom is 0.227 e. The number of thiophene rings is 1. The molecular weight excluding hydrogens is 392 g/mol. The number of aromatic nitrogens is 3. The Balaban J connectivity index is 1.44. The lowest BCUT2D eigenvalue weighted by atomic mass is 10.1. The molecule has 0 spiro atoms. The Kier molecular flexibility index (Phi) is 6.67. The molecule has 30 heavy (non-hydrogen) atoms. The lowest BCUT2D eigenvalue weighted by Crippen LogP contribution is -2.23. The molecule has 3 aromatic heterocycles. The second kappa shape index (κ2) is 9.79. The van der Waals surface area contributed by atoms with E-state index in [2.05, 4.69) is 39.2 Å². The first-order valence-corrected chi connectivity index (χ1v) is 11.3. The Bertz CT molecular complexity index is 1010. The number of hydrogen-bond donors (Lipinski definition) is 1. The van der Waals surface area contributed by atoms with Crippen molar-refractivity contribution in [3.05, 3.63) is 63.9 Å². The molecule has 1 N–H and O–H groups in total. The molecule has 6 nitrogen and oxygen atoms in total. The van der Waals surface area contributed by atoms with Crippen LogP contribution >= 0.6 is 11.3 Å². The highest BCUT2D eigenvalue weighted by molar-refractivity contribution is 7.11. The van der Waals surface area contributed by atoms with Crippen molar-refractivity contribution >= 4 is 23.0 Å². The fourth-order valence-electron chi connectivity index (χ4n) is 3.82.